The van der Waals surface area contributed by atoms with Crippen LogP contribution in [0.2, 0.25) is 0 Å². The van der Waals surface area contributed by atoms with Crippen LogP contribution in [0.15, 0.2) is 0 Å². The molecular formula is C13H26N2. The number of rotatable bonds is 4. The first-order valence-corrected chi connectivity index (χ1v) is 6.83. The Balaban J connectivity index is 1.63. The summed E-state index contributed by atoms with van der Waals surface area (Å²) in [5.74, 6) is 0.952. The highest BCUT2D eigenvalue weighted by atomic mass is 15.0. The van der Waals surface area contributed by atoms with Gasteiger partial charge in [-0.1, -0.05) is 19.3 Å². The summed E-state index contributed by atoms with van der Waals surface area (Å²) in [5, 5.41) is 7.33. The summed E-state index contributed by atoms with van der Waals surface area (Å²) in [4.78, 5) is 0. The Bertz CT molecular complexity index is 169. The maximum Gasteiger partial charge on any atom is 0.0192 e. The molecule has 2 N–H and O–H groups in total. The van der Waals surface area contributed by atoms with Gasteiger partial charge in [0.15, 0.2) is 0 Å². The zero-order valence-corrected chi connectivity index (χ0v) is 10.1. The molecule has 0 aromatic rings. The molecule has 0 radical (unpaired) electrons. The predicted octanol–water partition coefficient (Wildman–Crippen LogP) is 2.30. The van der Waals surface area contributed by atoms with Gasteiger partial charge in [0.05, 0.1) is 0 Å². The van der Waals surface area contributed by atoms with Crippen LogP contribution in [0.3, 0.4) is 0 Å². The van der Waals surface area contributed by atoms with Gasteiger partial charge in [0.1, 0.15) is 0 Å². The molecule has 1 heterocycles. The van der Waals surface area contributed by atoms with E-state index in [2.05, 4.69) is 17.6 Å². The summed E-state index contributed by atoms with van der Waals surface area (Å²) in [5.41, 5.74) is 0. The fourth-order valence-electron chi connectivity index (χ4n) is 3.05. The van der Waals surface area contributed by atoms with Crippen molar-refractivity contribution in [2.75, 3.05) is 13.1 Å². The third kappa shape index (κ3) is 3.46. The van der Waals surface area contributed by atoms with Gasteiger partial charge in [0.25, 0.3) is 0 Å². The van der Waals surface area contributed by atoms with Gasteiger partial charge in [0.2, 0.25) is 0 Å². The van der Waals surface area contributed by atoms with Crippen molar-refractivity contribution in [2.24, 2.45) is 5.92 Å². The van der Waals surface area contributed by atoms with Crippen LogP contribution >= 0.6 is 0 Å². The van der Waals surface area contributed by atoms with E-state index in [9.17, 15) is 0 Å². The van der Waals surface area contributed by atoms with Crippen LogP contribution in [-0.4, -0.2) is 25.2 Å². The quantitative estimate of drug-likeness (QED) is 0.744. The number of hydrogen-bond donors (Lipinski definition) is 2. The molecule has 2 nitrogen and oxygen atoms in total. The van der Waals surface area contributed by atoms with Crippen molar-refractivity contribution in [2.45, 2.75) is 64.0 Å². The van der Waals surface area contributed by atoms with E-state index in [0.29, 0.717) is 0 Å². The zero-order valence-electron chi connectivity index (χ0n) is 10.1. The second kappa shape index (κ2) is 5.86. The number of hydrogen-bond acceptors (Lipinski definition) is 2. The summed E-state index contributed by atoms with van der Waals surface area (Å²) in [6.07, 6.45) is 9.96. The molecular weight excluding hydrogens is 184 g/mol. The highest BCUT2D eigenvalue weighted by Crippen LogP contribution is 2.27. The smallest absolute Gasteiger partial charge is 0.0192 e. The van der Waals surface area contributed by atoms with Crippen molar-refractivity contribution in [1.82, 2.24) is 10.6 Å². The van der Waals surface area contributed by atoms with E-state index in [4.69, 9.17) is 0 Å². The predicted molar refractivity (Wildman–Crippen MR) is 65.1 cm³/mol. The lowest BCUT2D eigenvalue weighted by Gasteiger charge is -2.27. The Kier molecular flexibility index (Phi) is 4.45. The minimum Gasteiger partial charge on any atom is -0.313 e. The van der Waals surface area contributed by atoms with Crippen molar-refractivity contribution in [3.8, 4) is 0 Å². The largest absolute Gasteiger partial charge is 0.313 e. The molecule has 15 heavy (non-hydrogen) atoms. The van der Waals surface area contributed by atoms with E-state index >= 15 is 0 Å². The molecule has 88 valence electrons. The van der Waals surface area contributed by atoms with Crippen molar-refractivity contribution in [1.29, 1.82) is 0 Å². The Morgan fingerprint density at radius 1 is 1.13 bits per heavy atom. The molecule has 1 aliphatic carbocycles. The van der Waals surface area contributed by atoms with Crippen LogP contribution in [0.4, 0.5) is 0 Å². The molecule has 0 aromatic carbocycles. The lowest BCUT2D eigenvalue weighted by Crippen LogP contribution is -2.45. The van der Waals surface area contributed by atoms with E-state index in [1.807, 2.05) is 0 Å². The Morgan fingerprint density at radius 2 is 1.87 bits per heavy atom. The van der Waals surface area contributed by atoms with E-state index < -0.39 is 0 Å². The van der Waals surface area contributed by atoms with Crippen LogP contribution in [0, 0.1) is 5.92 Å². The fourth-order valence-corrected chi connectivity index (χ4v) is 3.05. The van der Waals surface area contributed by atoms with Gasteiger partial charge < -0.3 is 10.6 Å². The SMILES string of the molecule is C[C@H](NCC1CCCCN1)C1CCCC1. The van der Waals surface area contributed by atoms with Gasteiger partial charge in [-0.25, -0.2) is 0 Å². The van der Waals surface area contributed by atoms with Gasteiger partial charge in [-0.15, -0.1) is 0 Å². The molecule has 0 amide bonds. The lowest BCUT2D eigenvalue weighted by molar-refractivity contribution is 0.329. The molecule has 0 spiro atoms. The average Bonchev–Trinajstić information content (AvgIpc) is 2.81. The number of nitrogens with one attached hydrogen (secondary N) is 2. The average molecular weight is 210 g/mol. The first kappa shape index (κ1) is 11.4. The van der Waals surface area contributed by atoms with Gasteiger partial charge in [0, 0.05) is 18.6 Å². The molecule has 0 bridgehead atoms. The molecule has 2 rings (SSSR count). The summed E-state index contributed by atoms with van der Waals surface area (Å²) < 4.78 is 0. The minimum absolute atomic E-state index is 0.733. The molecule has 1 aliphatic heterocycles. The van der Waals surface area contributed by atoms with Gasteiger partial charge in [-0.3, -0.25) is 0 Å². The van der Waals surface area contributed by atoms with Crippen LogP contribution in [-0.2, 0) is 0 Å². The summed E-state index contributed by atoms with van der Waals surface area (Å²) in [6.45, 7) is 4.78. The third-order valence-electron chi connectivity index (χ3n) is 4.21. The Labute approximate surface area is 94.2 Å². The van der Waals surface area contributed by atoms with Crippen molar-refractivity contribution in [3.63, 3.8) is 0 Å². The van der Waals surface area contributed by atoms with E-state index in [-0.39, 0.29) is 0 Å². The second-order valence-corrected chi connectivity index (χ2v) is 5.39. The first-order chi connectivity index (χ1) is 7.36. The zero-order chi connectivity index (χ0) is 10.5. The fraction of sp³-hybridized carbons (Fsp3) is 1.00. The first-order valence-electron chi connectivity index (χ1n) is 6.83. The molecule has 2 heteroatoms. The van der Waals surface area contributed by atoms with Crippen LogP contribution in [0.5, 0.6) is 0 Å². The van der Waals surface area contributed by atoms with Crippen molar-refractivity contribution >= 4 is 0 Å². The minimum atomic E-state index is 0.733. The molecule has 2 fully saturated rings. The third-order valence-corrected chi connectivity index (χ3v) is 4.21. The molecule has 1 saturated carbocycles. The highest BCUT2D eigenvalue weighted by Gasteiger charge is 2.22. The van der Waals surface area contributed by atoms with Crippen LogP contribution in [0.25, 0.3) is 0 Å². The molecule has 2 atom stereocenters. The molecule has 0 aromatic heterocycles. The summed E-state index contributed by atoms with van der Waals surface area (Å²) >= 11 is 0. The van der Waals surface area contributed by atoms with Crippen molar-refractivity contribution in [3.05, 3.63) is 0 Å². The van der Waals surface area contributed by atoms with E-state index in [0.717, 1.165) is 18.0 Å². The van der Waals surface area contributed by atoms with Gasteiger partial charge in [-0.05, 0) is 45.1 Å². The maximum atomic E-state index is 3.73. The van der Waals surface area contributed by atoms with Gasteiger partial charge in [-0.2, -0.15) is 0 Å². The van der Waals surface area contributed by atoms with E-state index in [1.165, 1.54) is 58.0 Å². The van der Waals surface area contributed by atoms with Crippen LogP contribution < -0.4 is 10.6 Å². The highest BCUT2D eigenvalue weighted by molar-refractivity contribution is 4.80. The van der Waals surface area contributed by atoms with E-state index in [1.54, 1.807) is 0 Å². The lowest BCUT2D eigenvalue weighted by atomic mass is 9.98. The Hall–Kier alpha value is -0.0800. The monoisotopic (exact) mass is 210 g/mol. The molecule has 1 saturated heterocycles. The van der Waals surface area contributed by atoms with Crippen LogP contribution in [0.1, 0.15) is 51.9 Å². The molecule has 2 aliphatic rings. The number of piperidine rings is 1. The summed E-state index contributed by atoms with van der Waals surface area (Å²) in [7, 11) is 0. The van der Waals surface area contributed by atoms with Gasteiger partial charge >= 0.3 is 0 Å². The normalized spacial score (nSPS) is 30.6. The van der Waals surface area contributed by atoms with Crippen molar-refractivity contribution < 1.29 is 0 Å². The second-order valence-electron chi connectivity index (χ2n) is 5.39. The standard InChI is InChI=1S/C13H26N2/c1-11(12-6-2-3-7-12)15-10-13-8-4-5-9-14-13/h11-15H,2-10H2,1H3/t11-,13?/m0/s1. The Morgan fingerprint density at radius 3 is 2.53 bits per heavy atom. The topological polar surface area (TPSA) is 24.1 Å². The summed E-state index contributed by atoms with van der Waals surface area (Å²) in [6, 6.07) is 1.47. The molecule has 1 unspecified atom stereocenters. The maximum absolute atomic E-state index is 3.73.